The molecule has 9 heteroatoms. The molecule has 1 atom stereocenters. The molecule has 2 aromatic heterocycles. The molecular formula is C21H22FN5O3. The van der Waals surface area contributed by atoms with Gasteiger partial charge in [0.25, 0.3) is 5.91 Å². The molecule has 3 aromatic rings. The van der Waals surface area contributed by atoms with Crippen molar-refractivity contribution in [1.29, 1.82) is 0 Å². The van der Waals surface area contributed by atoms with Crippen LogP contribution in [0.1, 0.15) is 27.7 Å². The molecule has 1 saturated heterocycles. The maximum Gasteiger partial charge on any atom is 0.270 e. The van der Waals surface area contributed by atoms with Gasteiger partial charge in [0.1, 0.15) is 17.4 Å². The van der Waals surface area contributed by atoms with Crippen LogP contribution < -0.4 is 0 Å². The lowest BCUT2D eigenvalue weighted by Gasteiger charge is -2.35. The Kier molecular flexibility index (Phi) is 4.54. The topological polar surface area (TPSA) is 83.5 Å². The maximum atomic E-state index is 13.5. The molecule has 0 bridgehead atoms. The Bertz CT molecular complexity index is 1130. The molecule has 4 heterocycles. The minimum absolute atomic E-state index is 0.0329. The standard InChI is InChI=1S/C21H22FN5O3/c1-25-10-14-11-27(21(29)18-9-13-8-15(22)2-3-17(13)23-18)12-16(19(14)24-25)20(28)26-4-6-30-7-5-26/h2-3,8-10,16,23H,4-7,11-12H2,1H3. The number of benzene rings is 1. The van der Waals surface area contributed by atoms with Gasteiger partial charge in [-0.2, -0.15) is 5.10 Å². The van der Waals surface area contributed by atoms with Crippen LogP contribution in [-0.2, 0) is 23.1 Å². The van der Waals surface area contributed by atoms with Gasteiger partial charge in [0.2, 0.25) is 5.91 Å². The summed E-state index contributed by atoms with van der Waals surface area (Å²) in [7, 11) is 1.81. The first-order chi connectivity index (χ1) is 14.5. The van der Waals surface area contributed by atoms with E-state index in [1.165, 1.54) is 12.1 Å². The van der Waals surface area contributed by atoms with Gasteiger partial charge in [-0.25, -0.2) is 4.39 Å². The lowest BCUT2D eigenvalue weighted by Crippen LogP contribution is -2.48. The average molecular weight is 411 g/mol. The van der Waals surface area contributed by atoms with Gasteiger partial charge in [-0.05, 0) is 24.3 Å². The number of carbonyl (C=O) groups is 2. The summed E-state index contributed by atoms with van der Waals surface area (Å²) in [5, 5.41) is 5.15. The minimum atomic E-state index is -0.515. The molecular weight excluding hydrogens is 389 g/mol. The van der Waals surface area contributed by atoms with Crippen LogP contribution in [0, 0.1) is 5.82 Å². The van der Waals surface area contributed by atoms with Crippen LogP contribution >= 0.6 is 0 Å². The number of fused-ring (bicyclic) bond motifs is 2. The lowest BCUT2D eigenvalue weighted by atomic mass is 9.94. The SMILES string of the molecule is Cn1cc2c(n1)C(C(=O)N1CCOCC1)CN(C(=O)c1cc3cc(F)ccc3[nH]1)C2. The Morgan fingerprint density at radius 3 is 2.80 bits per heavy atom. The molecule has 8 nitrogen and oxygen atoms in total. The summed E-state index contributed by atoms with van der Waals surface area (Å²) in [5.74, 6) is -1.12. The van der Waals surface area contributed by atoms with Crippen molar-refractivity contribution in [2.45, 2.75) is 12.5 Å². The van der Waals surface area contributed by atoms with Crippen molar-refractivity contribution < 1.29 is 18.7 Å². The van der Waals surface area contributed by atoms with Gasteiger partial charge in [0, 0.05) is 55.9 Å². The second-order valence-corrected chi connectivity index (χ2v) is 7.80. The van der Waals surface area contributed by atoms with Crippen LogP contribution in [0.5, 0.6) is 0 Å². The number of aromatic nitrogens is 3. The van der Waals surface area contributed by atoms with Crippen molar-refractivity contribution in [1.82, 2.24) is 24.6 Å². The molecule has 1 fully saturated rings. The van der Waals surface area contributed by atoms with Crippen molar-refractivity contribution in [2.24, 2.45) is 7.05 Å². The van der Waals surface area contributed by atoms with E-state index in [1.54, 1.807) is 26.6 Å². The molecule has 0 saturated carbocycles. The number of carbonyl (C=O) groups excluding carboxylic acids is 2. The Morgan fingerprint density at radius 1 is 1.20 bits per heavy atom. The summed E-state index contributed by atoms with van der Waals surface area (Å²) in [4.78, 5) is 33.0. The van der Waals surface area contributed by atoms with Gasteiger partial charge < -0.3 is 19.5 Å². The largest absolute Gasteiger partial charge is 0.378 e. The zero-order chi connectivity index (χ0) is 20.8. The number of nitrogens with one attached hydrogen (secondary N) is 1. The summed E-state index contributed by atoms with van der Waals surface area (Å²) < 4.78 is 20.6. The zero-order valence-corrected chi connectivity index (χ0v) is 16.6. The van der Waals surface area contributed by atoms with Crippen LogP contribution in [-0.4, -0.2) is 69.2 Å². The third kappa shape index (κ3) is 3.24. The number of ether oxygens (including phenoxy) is 1. The molecule has 1 N–H and O–H groups in total. The molecule has 1 unspecified atom stereocenters. The molecule has 5 rings (SSSR count). The average Bonchev–Trinajstić information content (AvgIpc) is 3.34. The minimum Gasteiger partial charge on any atom is -0.378 e. The fraction of sp³-hybridized carbons (Fsp3) is 0.381. The van der Waals surface area contributed by atoms with Crippen LogP contribution in [0.2, 0.25) is 0 Å². The van der Waals surface area contributed by atoms with E-state index in [1.807, 2.05) is 13.2 Å². The van der Waals surface area contributed by atoms with Gasteiger partial charge in [0.05, 0.1) is 18.9 Å². The summed E-state index contributed by atoms with van der Waals surface area (Å²) >= 11 is 0. The molecule has 2 aliphatic heterocycles. The fourth-order valence-electron chi connectivity index (χ4n) is 4.29. The highest BCUT2D eigenvalue weighted by molar-refractivity contribution is 5.98. The molecule has 2 amide bonds. The Labute approximate surface area is 172 Å². The number of H-pyrrole nitrogens is 1. The van der Waals surface area contributed by atoms with Crippen LogP contribution in [0.15, 0.2) is 30.5 Å². The number of aryl methyl sites for hydroxylation is 1. The Morgan fingerprint density at radius 2 is 2.00 bits per heavy atom. The number of nitrogens with zero attached hydrogens (tertiary/aromatic N) is 4. The van der Waals surface area contributed by atoms with Crippen molar-refractivity contribution in [3.05, 3.63) is 53.2 Å². The third-order valence-electron chi connectivity index (χ3n) is 5.75. The summed E-state index contributed by atoms with van der Waals surface area (Å²) in [6.45, 7) is 2.74. The molecule has 0 radical (unpaired) electrons. The quantitative estimate of drug-likeness (QED) is 0.695. The number of aromatic amines is 1. The molecule has 0 aliphatic carbocycles. The van der Waals surface area contributed by atoms with E-state index in [2.05, 4.69) is 10.1 Å². The first kappa shape index (κ1) is 18.8. The number of morpholine rings is 1. The summed E-state index contributed by atoms with van der Waals surface area (Å²) in [5.41, 5.74) is 2.67. The van der Waals surface area contributed by atoms with Crippen LogP contribution in [0.3, 0.4) is 0 Å². The Hall–Kier alpha value is -3.20. The van der Waals surface area contributed by atoms with Crippen molar-refractivity contribution in [3.63, 3.8) is 0 Å². The van der Waals surface area contributed by atoms with Gasteiger partial charge >= 0.3 is 0 Å². The van der Waals surface area contributed by atoms with Gasteiger partial charge in [0.15, 0.2) is 0 Å². The van der Waals surface area contributed by atoms with Gasteiger partial charge in [-0.3, -0.25) is 14.3 Å². The number of amides is 2. The monoisotopic (exact) mass is 411 g/mol. The van der Waals surface area contributed by atoms with E-state index >= 15 is 0 Å². The highest BCUT2D eigenvalue weighted by Crippen LogP contribution is 2.30. The molecule has 1 aromatic carbocycles. The predicted molar refractivity (Wildman–Crippen MR) is 106 cm³/mol. The predicted octanol–water partition coefficient (Wildman–Crippen LogP) is 1.64. The summed E-state index contributed by atoms with van der Waals surface area (Å²) in [6, 6.07) is 6.01. The van der Waals surface area contributed by atoms with Gasteiger partial charge in [-0.1, -0.05) is 0 Å². The van der Waals surface area contributed by atoms with E-state index in [4.69, 9.17) is 4.74 Å². The normalized spacial score (nSPS) is 19.2. The van der Waals surface area contributed by atoms with E-state index in [0.29, 0.717) is 49.4 Å². The maximum absolute atomic E-state index is 13.5. The molecule has 30 heavy (non-hydrogen) atoms. The Balaban J connectivity index is 1.45. The fourth-order valence-corrected chi connectivity index (χ4v) is 4.29. The van der Waals surface area contributed by atoms with E-state index < -0.39 is 5.92 Å². The number of halogens is 1. The summed E-state index contributed by atoms with van der Waals surface area (Å²) in [6.07, 6.45) is 1.86. The van der Waals surface area contributed by atoms with Crippen molar-refractivity contribution in [2.75, 3.05) is 32.8 Å². The van der Waals surface area contributed by atoms with Crippen molar-refractivity contribution in [3.8, 4) is 0 Å². The van der Waals surface area contributed by atoms with E-state index in [9.17, 15) is 14.0 Å². The first-order valence-electron chi connectivity index (χ1n) is 9.96. The van der Waals surface area contributed by atoms with Crippen LogP contribution in [0.4, 0.5) is 4.39 Å². The lowest BCUT2D eigenvalue weighted by molar-refractivity contribution is -0.137. The van der Waals surface area contributed by atoms with Gasteiger partial charge in [-0.15, -0.1) is 0 Å². The molecule has 156 valence electrons. The van der Waals surface area contributed by atoms with Crippen LogP contribution in [0.25, 0.3) is 10.9 Å². The smallest absolute Gasteiger partial charge is 0.270 e. The second-order valence-electron chi connectivity index (χ2n) is 7.80. The molecule has 2 aliphatic rings. The zero-order valence-electron chi connectivity index (χ0n) is 16.6. The molecule has 0 spiro atoms. The van der Waals surface area contributed by atoms with E-state index in [0.717, 1.165) is 11.3 Å². The van der Waals surface area contributed by atoms with Crippen molar-refractivity contribution >= 4 is 22.7 Å². The third-order valence-corrected chi connectivity index (χ3v) is 5.75. The highest BCUT2D eigenvalue weighted by Gasteiger charge is 2.38. The number of hydrogen-bond donors (Lipinski definition) is 1. The van der Waals surface area contributed by atoms with E-state index in [-0.39, 0.29) is 24.2 Å². The number of rotatable bonds is 2. The highest BCUT2D eigenvalue weighted by atomic mass is 19.1. The first-order valence-corrected chi connectivity index (χ1v) is 9.96. The number of hydrogen-bond acceptors (Lipinski definition) is 4. The second kappa shape index (κ2) is 7.24.